The highest BCUT2D eigenvalue weighted by atomic mass is 16.1. The number of Topliss-reactive ketones (excluding diaryl/α,β-unsaturated/α-hetero) is 1. The topological polar surface area (TPSA) is 17.1 Å². The number of hydrogen-bond acceptors (Lipinski definition) is 1. The molecule has 0 heterocycles. The molecule has 1 nitrogen and oxygen atoms in total. The molecule has 24 heavy (non-hydrogen) atoms. The Labute approximate surface area is 149 Å². The van der Waals surface area contributed by atoms with Crippen LogP contribution >= 0.6 is 0 Å². The van der Waals surface area contributed by atoms with Gasteiger partial charge in [0.05, 0.1) is 0 Å². The number of hydrogen-bond donors (Lipinski definition) is 0. The molecular weight excluding hydrogens is 292 g/mol. The second-order valence-corrected chi connectivity index (χ2v) is 10.4. The van der Waals surface area contributed by atoms with Gasteiger partial charge in [-0.05, 0) is 105 Å². The summed E-state index contributed by atoms with van der Waals surface area (Å²) in [6.07, 6.45) is 14.1. The molecule has 4 saturated carbocycles. The van der Waals surface area contributed by atoms with Crippen LogP contribution in [0, 0.1) is 46.3 Å². The zero-order chi connectivity index (χ0) is 17.1. The van der Waals surface area contributed by atoms with Crippen LogP contribution in [0.1, 0.15) is 91.9 Å². The Morgan fingerprint density at radius 2 is 1.79 bits per heavy atom. The molecule has 0 radical (unpaired) electrons. The van der Waals surface area contributed by atoms with E-state index < -0.39 is 0 Å². The Bertz CT molecular complexity index is 510. The van der Waals surface area contributed by atoms with Crippen LogP contribution in [0.2, 0.25) is 0 Å². The highest BCUT2D eigenvalue weighted by Crippen LogP contribution is 2.68. The summed E-state index contributed by atoms with van der Waals surface area (Å²) in [6.45, 7) is 9.32. The molecule has 0 aromatic heterocycles. The molecule has 8 atom stereocenters. The van der Waals surface area contributed by atoms with Crippen molar-refractivity contribution in [2.45, 2.75) is 91.9 Å². The maximum Gasteiger partial charge on any atom is 0.133 e. The maximum absolute atomic E-state index is 12.2. The van der Waals surface area contributed by atoms with Crippen molar-refractivity contribution in [3.05, 3.63) is 0 Å². The minimum Gasteiger partial charge on any atom is -0.300 e. The van der Waals surface area contributed by atoms with Gasteiger partial charge in [0, 0.05) is 5.92 Å². The summed E-state index contributed by atoms with van der Waals surface area (Å²) < 4.78 is 0. The second-order valence-electron chi connectivity index (χ2n) is 10.4. The fourth-order valence-electron chi connectivity index (χ4n) is 8.64. The van der Waals surface area contributed by atoms with Gasteiger partial charge in [0.1, 0.15) is 5.78 Å². The first kappa shape index (κ1) is 17.1. The van der Waals surface area contributed by atoms with Gasteiger partial charge in [0.25, 0.3) is 0 Å². The predicted octanol–water partition coefficient (Wildman–Crippen LogP) is 6.26. The summed E-state index contributed by atoms with van der Waals surface area (Å²) in [5.74, 6) is 5.54. The van der Waals surface area contributed by atoms with Crippen molar-refractivity contribution in [3.8, 4) is 0 Å². The van der Waals surface area contributed by atoms with E-state index in [4.69, 9.17) is 0 Å². The van der Waals surface area contributed by atoms with E-state index >= 15 is 0 Å². The largest absolute Gasteiger partial charge is 0.300 e. The summed E-state index contributed by atoms with van der Waals surface area (Å²) in [4.78, 5) is 12.2. The van der Waals surface area contributed by atoms with E-state index in [2.05, 4.69) is 20.8 Å². The lowest BCUT2D eigenvalue weighted by Gasteiger charge is -2.62. The van der Waals surface area contributed by atoms with Crippen molar-refractivity contribution in [2.75, 3.05) is 0 Å². The van der Waals surface area contributed by atoms with Gasteiger partial charge in [-0.15, -0.1) is 0 Å². The Hall–Kier alpha value is -0.330. The average Bonchev–Trinajstić information content (AvgIpc) is 2.91. The molecule has 1 heteroatoms. The molecule has 0 bridgehead atoms. The second kappa shape index (κ2) is 5.85. The SMILES string of the molecule is CCC12CCC(C)CC1CCC1C3CCC(C(C)=O)C3(C)CCC12. The third kappa shape index (κ3) is 2.21. The molecule has 4 fully saturated rings. The van der Waals surface area contributed by atoms with Gasteiger partial charge < -0.3 is 0 Å². The van der Waals surface area contributed by atoms with Crippen molar-refractivity contribution in [3.63, 3.8) is 0 Å². The van der Waals surface area contributed by atoms with Crippen molar-refractivity contribution < 1.29 is 4.79 Å². The summed E-state index contributed by atoms with van der Waals surface area (Å²) in [5.41, 5.74) is 0.988. The third-order valence-electron chi connectivity index (χ3n) is 9.78. The monoisotopic (exact) mass is 330 g/mol. The lowest BCUT2D eigenvalue weighted by atomic mass is 9.43. The molecule has 0 aromatic rings. The van der Waals surface area contributed by atoms with Gasteiger partial charge in [-0.1, -0.05) is 27.2 Å². The molecule has 0 spiro atoms. The van der Waals surface area contributed by atoms with Crippen molar-refractivity contribution in [2.24, 2.45) is 46.3 Å². The fourth-order valence-corrected chi connectivity index (χ4v) is 8.64. The smallest absolute Gasteiger partial charge is 0.133 e. The first-order valence-corrected chi connectivity index (χ1v) is 10.9. The average molecular weight is 331 g/mol. The zero-order valence-corrected chi connectivity index (χ0v) is 16.4. The fraction of sp³-hybridized carbons (Fsp3) is 0.957. The van der Waals surface area contributed by atoms with Gasteiger partial charge in [0.2, 0.25) is 0 Å². The van der Waals surface area contributed by atoms with Crippen LogP contribution < -0.4 is 0 Å². The van der Waals surface area contributed by atoms with Gasteiger partial charge in [-0.25, -0.2) is 0 Å². The highest BCUT2D eigenvalue weighted by Gasteiger charge is 2.61. The van der Waals surface area contributed by atoms with E-state index in [1.165, 1.54) is 64.2 Å². The Kier molecular flexibility index (Phi) is 4.17. The number of ketones is 1. The molecule has 0 aromatic carbocycles. The van der Waals surface area contributed by atoms with Crippen LogP contribution in [0.4, 0.5) is 0 Å². The van der Waals surface area contributed by atoms with E-state index in [-0.39, 0.29) is 0 Å². The zero-order valence-electron chi connectivity index (χ0n) is 16.4. The van der Waals surface area contributed by atoms with E-state index in [1.54, 1.807) is 0 Å². The van der Waals surface area contributed by atoms with Crippen LogP contribution in [0.3, 0.4) is 0 Å². The maximum atomic E-state index is 12.2. The number of carbonyl (C=O) groups is 1. The number of fused-ring (bicyclic) bond motifs is 5. The van der Waals surface area contributed by atoms with Crippen molar-refractivity contribution in [1.29, 1.82) is 0 Å². The minimum absolute atomic E-state index is 0.330. The molecule has 0 saturated heterocycles. The standard InChI is InChI=1S/C23H38O/c1-5-23-13-10-15(2)14-17(23)6-7-18-20-9-8-19(16(3)24)22(20,4)12-11-21(18)23/h15,17-21H,5-14H2,1-4H3. The molecule has 8 unspecified atom stereocenters. The quantitative estimate of drug-likeness (QED) is 0.584. The molecular formula is C23H38O. The van der Waals surface area contributed by atoms with Gasteiger partial charge in [0.15, 0.2) is 0 Å². The van der Waals surface area contributed by atoms with E-state index in [9.17, 15) is 4.79 Å². The minimum atomic E-state index is 0.330. The number of rotatable bonds is 2. The lowest BCUT2D eigenvalue weighted by molar-refractivity contribution is -0.139. The number of carbonyl (C=O) groups excluding carboxylic acids is 1. The van der Waals surface area contributed by atoms with Crippen LogP contribution in [0.5, 0.6) is 0 Å². The van der Waals surface area contributed by atoms with E-state index in [0.717, 1.165) is 29.6 Å². The van der Waals surface area contributed by atoms with Gasteiger partial charge in [-0.3, -0.25) is 4.79 Å². The Morgan fingerprint density at radius 1 is 1.00 bits per heavy atom. The van der Waals surface area contributed by atoms with Crippen LogP contribution in [-0.2, 0) is 4.79 Å². The Balaban J connectivity index is 1.64. The molecule has 0 N–H and O–H groups in total. The van der Waals surface area contributed by atoms with Crippen LogP contribution in [-0.4, -0.2) is 5.78 Å². The molecule has 4 rings (SSSR count). The molecule has 0 amide bonds. The summed E-state index contributed by atoms with van der Waals surface area (Å²) in [6, 6.07) is 0. The first-order chi connectivity index (χ1) is 11.4. The molecule has 4 aliphatic rings. The van der Waals surface area contributed by atoms with E-state index in [1.807, 2.05) is 6.92 Å². The van der Waals surface area contributed by atoms with Gasteiger partial charge >= 0.3 is 0 Å². The summed E-state index contributed by atoms with van der Waals surface area (Å²) in [5, 5.41) is 0. The van der Waals surface area contributed by atoms with E-state index in [0.29, 0.717) is 22.5 Å². The Morgan fingerprint density at radius 3 is 2.50 bits per heavy atom. The van der Waals surface area contributed by atoms with Gasteiger partial charge in [-0.2, -0.15) is 0 Å². The normalized spacial score (nSPS) is 53.8. The predicted molar refractivity (Wildman–Crippen MR) is 99.7 cm³/mol. The molecule has 4 aliphatic carbocycles. The lowest BCUT2D eigenvalue weighted by Crippen LogP contribution is -2.54. The summed E-state index contributed by atoms with van der Waals surface area (Å²) >= 11 is 0. The van der Waals surface area contributed by atoms with Crippen molar-refractivity contribution in [1.82, 2.24) is 0 Å². The highest BCUT2D eigenvalue weighted by molar-refractivity contribution is 5.79. The van der Waals surface area contributed by atoms with Crippen LogP contribution in [0.25, 0.3) is 0 Å². The van der Waals surface area contributed by atoms with Crippen LogP contribution in [0.15, 0.2) is 0 Å². The molecule has 136 valence electrons. The van der Waals surface area contributed by atoms with Crippen molar-refractivity contribution >= 4 is 5.78 Å². The third-order valence-corrected chi connectivity index (χ3v) is 9.78. The summed E-state index contributed by atoms with van der Waals surface area (Å²) in [7, 11) is 0. The molecule has 0 aliphatic heterocycles. The first-order valence-electron chi connectivity index (χ1n) is 10.9.